The molecule has 0 aromatic carbocycles. The zero-order chi connectivity index (χ0) is 24.3. The van der Waals surface area contributed by atoms with Crippen LogP contribution in [0.25, 0.3) is 0 Å². The van der Waals surface area contributed by atoms with Gasteiger partial charge in [-0.25, -0.2) is 4.79 Å². The summed E-state index contributed by atoms with van der Waals surface area (Å²) in [5.74, 6) is -2.04. The van der Waals surface area contributed by atoms with Crippen LogP contribution < -0.4 is 0 Å². The summed E-state index contributed by atoms with van der Waals surface area (Å²) < 4.78 is 11.2. The summed E-state index contributed by atoms with van der Waals surface area (Å²) in [6.07, 6.45) is 5.77. The molecule has 1 N–H and O–H groups in total. The fourth-order valence-corrected chi connectivity index (χ4v) is 8.26. The Bertz CT molecular complexity index is 930. The molecular weight excluding hydrogens is 467 g/mol. The molecule has 0 heterocycles. The van der Waals surface area contributed by atoms with Gasteiger partial charge in [-0.3, -0.25) is 9.59 Å². The number of ether oxygens (including phenoxy) is 2. The van der Waals surface area contributed by atoms with Crippen molar-refractivity contribution in [3.05, 3.63) is 23.8 Å². The van der Waals surface area contributed by atoms with Crippen LogP contribution in [0.3, 0.4) is 0 Å². The summed E-state index contributed by atoms with van der Waals surface area (Å²) in [5.41, 5.74) is -2.01. The van der Waals surface area contributed by atoms with Gasteiger partial charge >= 0.3 is 11.9 Å². The Morgan fingerprint density at radius 1 is 1.30 bits per heavy atom. The normalized spacial score (nSPS) is 46.0. The average molecular weight is 499 g/mol. The average Bonchev–Trinajstić information content (AvgIpc) is 2.96. The highest BCUT2D eigenvalue weighted by molar-refractivity contribution is 6.21. The first kappa shape index (κ1) is 24.7. The number of fused-ring (bicyclic) bond motifs is 5. The highest BCUT2D eigenvalue weighted by atomic mass is 35.5. The molecule has 0 aromatic rings. The topological polar surface area (TPSA) is 89.9 Å². The third-order valence-electron chi connectivity index (χ3n) is 9.07. The predicted octanol–water partition coefficient (Wildman–Crippen LogP) is 4.16. The number of aliphatic hydroxyl groups excluding tert-OH is 1. The van der Waals surface area contributed by atoms with Crippen molar-refractivity contribution in [2.75, 3.05) is 6.07 Å². The molecule has 0 bridgehead atoms. The quantitative estimate of drug-likeness (QED) is 0.462. The van der Waals surface area contributed by atoms with Crippen molar-refractivity contribution in [2.45, 2.75) is 70.5 Å². The van der Waals surface area contributed by atoms with Gasteiger partial charge in [-0.2, -0.15) is 0 Å². The van der Waals surface area contributed by atoms with E-state index in [4.69, 9.17) is 32.7 Å². The molecule has 0 amide bonds. The van der Waals surface area contributed by atoms with Crippen LogP contribution in [0.1, 0.15) is 53.4 Å². The SMILES string of the molecule is CCC(=O)O[C@@]1(C(=O)OCCl)[C@@H](C)C[C@H]2[C@H]3[C@H]([C@@H](O)C[C@@]21C)[C@@]1(C)C=CC(=O)C=C1C[C@H]3Cl. The van der Waals surface area contributed by atoms with Crippen LogP contribution in [0, 0.1) is 34.5 Å². The minimum absolute atomic E-state index is 0.0660. The molecule has 4 aliphatic carbocycles. The fourth-order valence-electron chi connectivity index (χ4n) is 7.66. The van der Waals surface area contributed by atoms with Crippen LogP contribution in [0.2, 0.25) is 0 Å². The minimum atomic E-state index is -1.56. The minimum Gasteiger partial charge on any atom is -0.446 e. The second-order valence-electron chi connectivity index (χ2n) is 10.5. The molecule has 0 aliphatic heterocycles. The van der Waals surface area contributed by atoms with E-state index in [0.717, 1.165) is 5.57 Å². The second kappa shape index (κ2) is 8.39. The number of rotatable bonds is 4. The summed E-state index contributed by atoms with van der Waals surface area (Å²) in [7, 11) is 0. The van der Waals surface area contributed by atoms with Crippen molar-refractivity contribution in [3.63, 3.8) is 0 Å². The predicted molar refractivity (Wildman–Crippen MR) is 124 cm³/mol. The van der Waals surface area contributed by atoms with Crippen LogP contribution >= 0.6 is 23.2 Å². The number of allylic oxidation sites excluding steroid dienone is 4. The second-order valence-corrected chi connectivity index (χ2v) is 11.3. The van der Waals surface area contributed by atoms with Crippen LogP contribution in [0.5, 0.6) is 0 Å². The molecule has 0 spiro atoms. The van der Waals surface area contributed by atoms with E-state index in [2.05, 4.69) is 6.92 Å². The van der Waals surface area contributed by atoms with Gasteiger partial charge in [0.05, 0.1) is 6.10 Å². The Morgan fingerprint density at radius 3 is 2.64 bits per heavy atom. The van der Waals surface area contributed by atoms with Gasteiger partial charge in [0.2, 0.25) is 5.60 Å². The highest BCUT2D eigenvalue weighted by Crippen LogP contribution is 2.69. The van der Waals surface area contributed by atoms with E-state index in [1.807, 2.05) is 19.9 Å². The molecular formula is C25H32Cl2O6. The van der Waals surface area contributed by atoms with Gasteiger partial charge in [0.15, 0.2) is 11.8 Å². The number of hydrogen-bond donors (Lipinski definition) is 1. The summed E-state index contributed by atoms with van der Waals surface area (Å²) in [4.78, 5) is 38.0. The molecule has 6 nitrogen and oxygen atoms in total. The van der Waals surface area contributed by atoms with E-state index < -0.39 is 34.5 Å². The maximum Gasteiger partial charge on any atom is 0.352 e. The van der Waals surface area contributed by atoms with Crippen molar-refractivity contribution < 1.29 is 29.0 Å². The van der Waals surface area contributed by atoms with Gasteiger partial charge in [-0.1, -0.05) is 50.9 Å². The smallest absolute Gasteiger partial charge is 0.352 e. The molecule has 3 saturated carbocycles. The standard InChI is InChI=1S/C25H32Cl2O6/c1-5-19(30)33-25(22(31)32-12-26)13(2)8-16-20-17(27)10-14-9-15(28)6-7-23(14,3)21(20)18(29)11-24(16,25)4/h6-7,9,13,16-18,20-21,29H,5,8,10-12H2,1-4H3/t13-,16-,17+,18-,20+,21-,23-,24-,25+/m0/s1. The number of carbonyl (C=O) groups excluding carboxylic acids is 3. The fraction of sp³-hybridized carbons (Fsp3) is 0.720. The van der Waals surface area contributed by atoms with E-state index in [-0.39, 0.29) is 53.7 Å². The first-order valence-corrected chi connectivity index (χ1v) is 12.6. The Hall–Kier alpha value is -1.37. The molecule has 8 heteroatoms. The van der Waals surface area contributed by atoms with Crippen molar-refractivity contribution >= 4 is 40.9 Å². The molecule has 4 rings (SSSR count). The number of carbonyl (C=O) groups is 3. The zero-order valence-corrected chi connectivity index (χ0v) is 21.0. The largest absolute Gasteiger partial charge is 0.446 e. The van der Waals surface area contributed by atoms with E-state index in [0.29, 0.717) is 12.8 Å². The lowest BCUT2D eigenvalue weighted by Crippen LogP contribution is -2.65. The van der Waals surface area contributed by atoms with E-state index in [9.17, 15) is 19.5 Å². The lowest BCUT2D eigenvalue weighted by Gasteiger charge is -2.60. The van der Waals surface area contributed by atoms with Crippen molar-refractivity contribution in [1.29, 1.82) is 0 Å². The highest BCUT2D eigenvalue weighted by Gasteiger charge is 2.74. The van der Waals surface area contributed by atoms with Gasteiger partial charge in [0.1, 0.15) is 0 Å². The molecule has 33 heavy (non-hydrogen) atoms. The molecule has 182 valence electrons. The van der Waals surface area contributed by atoms with Crippen LogP contribution in [-0.4, -0.2) is 46.0 Å². The van der Waals surface area contributed by atoms with Gasteiger partial charge in [-0.15, -0.1) is 11.6 Å². The number of alkyl halides is 2. The first-order chi connectivity index (χ1) is 15.5. The number of ketones is 1. The Labute approximate surface area is 204 Å². The molecule has 9 atom stereocenters. The lowest BCUT2D eigenvalue weighted by molar-refractivity contribution is -0.217. The van der Waals surface area contributed by atoms with Crippen molar-refractivity contribution in [3.8, 4) is 0 Å². The molecule has 0 unspecified atom stereocenters. The Morgan fingerprint density at radius 2 is 2.00 bits per heavy atom. The number of esters is 2. The maximum absolute atomic E-state index is 13.4. The molecule has 4 aliphatic rings. The van der Waals surface area contributed by atoms with Crippen LogP contribution in [0.15, 0.2) is 23.8 Å². The molecule has 0 aromatic heterocycles. The van der Waals surface area contributed by atoms with Gasteiger partial charge < -0.3 is 14.6 Å². The van der Waals surface area contributed by atoms with Crippen molar-refractivity contribution in [1.82, 2.24) is 0 Å². The Kier molecular flexibility index (Phi) is 6.29. The molecule has 3 fully saturated rings. The third-order valence-corrected chi connectivity index (χ3v) is 9.63. The third kappa shape index (κ3) is 3.35. The number of halogens is 2. The summed E-state index contributed by atoms with van der Waals surface area (Å²) in [6, 6.07) is -0.352. The van der Waals surface area contributed by atoms with Crippen molar-refractivity contribution in [2.24, 2.45) is 34.5 Å². The monoisotopic (exact) mass is 498 g/mol. The number of aliphatic hydroxyl groups is 1. The van der Waals surface area contributed by atoms with E-state index in [1.165, 1.54) is 0 Å². The van der Waals surface area contributed by atoms with Gasteiger partial charge in [-0.05, 0) is 43.3 Å². The zero-order valence-electron chi connectivity index (χ0n) is 19.5. The van der Waals surface area contributed by atoms with Gasteiger partial charge in [0.25, 0.3) is 0 Å². The first-order valence-electron chi connectivity index (χ1n) is 11.7. The molecule has 0 radical (unpaired) electrons. The Balaban J connectivity index is 1.83. The van der Waals surface area contributed by atoms with Crippen LogP contribution in [-0.2, 0) is 23.9 Å². The summed E-state index contributed by atoms with van der Waals surface area (Å²) in [6.45, 7) is 7.53. The molecule has 0 saturated heterocycles. The summed E-state index contributed by atoms with van der Waals surface area (Å²) >= 11 is 12.7. The summed E-state index contributed by atoms with van der Waals surface area (Å²) in [5, 5.41) is 11.3. The van der Waals surface area contributed by atoms with E-state index in [1.54, 1.807) is 19.1 Å². The number of hydrogen-bond acceptors (Lipinski definition) is 6. The lowest BCUT2D eigenvalue weighted by atomic mass is 9.46. The van der Waals surface area contributed by atoms with E-state index >= 15 is 0 Å². The van der Waals surface area contributed by atoms with Gasteiger partial charge in [0, 0.05) is 34.5 Å². The maximum atomic E-state index is 13.4. The van der Waals surface area contributed by atoms with Crippen LogP contribution in [0.4, 0.5) is 0 Å².